The standard InChI is InChI=1S/C15H26O6/c1-11(13(18)19)15(2,14(20)21-3)10-8-6-4-5-7-9-12(16)17/h11H,4-10H2,1-3H3,(H,16,17)(H,18,19). The monoisotopic (exact) mass is 302 g/mol. The van der Waals surface area contributed by atoms with Crippen molar-refractivity contribution in [2.75, 3.05) is 7.11 Å². The Balaban J connectivity index is 4.24. The van der Waals surface area contributed by atoms with E-state index in [-0.39, 0.29) is 6.42 Å². The second kappa shape index (κ2) is 9.37. The fourth-order valence-electron chi connectivity index (χ4n) is 2.30. The van der Waals surface area contributed by atoms with E-state index in [0.717, 1.165) is 25.7 Å². The maximum Gasteiger partial charge on any atom is 0.312 e. The third-order valence-electron chi connectivity index (χ3n) is 4.06. The molecule has 21 heavy (non-hydrogen) atoms. The molecule has 0 saturated carbocycles. The number of carboxylic acid groups (broad SMARTS) is 2. The Labute approximate surface area is 125 Å². The number of hydrogen-bond acceptors (Lipinski definition) is 4. The van der Waals surface area contributed by atoms with Crippen molar-refractivity contribution in [2.45, 2.75) is 58.8 Å². The molecule has 2 unspecified atom stereocenters. The highest BCUT2D eigenvalue weighted by molar-refractivity contribution is 5.83. The van der Waals surface area contributed by atoms with Crippen LogP contribution < -0.4 is 0 Å². The van der Waals surface area contributed by atoms with E-state index < -0.39 is 29.2 Å². The Morgan fingerprint density at radius 2 is 1.57 bits per heavy atom. The maximum absolute atomic E-state index is 11.9. The van der Waals surface area contributed by atoms with Crippen LogP contribution >= 0.6 is 0 Å². The Kier molecular flexibility index (Phi) is 8.66. The van der Waals surface area contributed by atoms with Gasteiger partial charge in [0.2, 0.25) is 0 Å². The molecule has 0 saturated heterocycles. The number of carbonyl (C=O) groups is 3. The van der Waals surface area contributed by atoms with E-state index in [1.807, 2.05) is 0 Å². The van der Waals surface area contributed by atoms with E-state index in [2.05, 4.69) is 0 Å². The van der Waals surface area contributed by atoms with Crippen LogP contribution in [0.1, 0.15) is 58.8 Å². The third-order valence-corrected chi connectivity index (χ3v) is 4.06. The van der Waals surface area contributed by atoms with Crippen LogP contribution in [0.25, 0.3) is 0 Å². The van der Waals surface area contributed by atoms with Gasteiger partial charge in [-0.3, -0.25) is 14.4 Å². The number of methoxy groups -OCH3 is 1. The Morgan fingerprint density at radius 1 is 1.05 bits per heavy atom. The molecule has 0 aromatic heterocycles. The molecule has 0 spiro atoms. The van der Waals surface area contributed by atoms with Gasteiger partial charge in [-0.15, -0.1) is 0 Å². The minimum absolute atomic E-state index is 0.177. The predicted molar refractivity (Wildman–Crippen MR) is 76.9 cm³/mol. The molecule has 6 heteroatoms. The second-order valence-electron chi connectivity index (χ2n) is 5.63. The smallest absolute Gasteiger partial charge is 0.312 e. The van der Waals surface area contributed by atoms with Gasteiger partial charge in [0.05, 0.1) is 18.4 Å². The summed E-state index contributed by atoms with van der Waals surface area (Å²) >= 11 is 0. The Morgan fingerprint density at radius 3 is 2.05 bits per heavy atom. The lowest BCUT2D eigenvalue weighted by Crippen LogP contribution is -2.39. The first kappa shape index (κ1) is 19.4. The lowest BCUT2D eigenvalue weighted by molar-refractivity contribution is -0.163. The number of carbonyl (C=O) groups excluding carboxylic acids is 1. The van der Waals surface area contributed by atoms with Gasteiger partial charge < -0.3 is 14.9 Å². The zero-order chi connectivity index (χ0) is 16.5. The molecule has 0 aliphatic rings. The highest BCUT2D eigenvalue weighted by Gasteiger charge is 2.43. The van der Waals surface area contributed by atoms with Crippen LogP contribution in [0, 0.1) is 11.3 Å². The molecule has 0 aliphatic heterocycles. The minimum atomic E-state index is -1.03. The lowest BCUT2D eigenvalue weighted by atomic mass is 9.74. The quantitative estimate of drug-likeness (QED) is 0.449. The normalized spacial score (nSPS) is 15.0. The molecule has 0 rings (SSSR count). The van der Waals surface area contributed by atoms with Crippen molar-refractivity contribution >= 4 is 17.9 Å². The molecule has 0 heterocycles. The number of rotatable bonds is 11. The number of hydrogen-bond donors (Lipinski definition) is 2. The molecule has 6 nitrogen and oxygen atoms in total. The fraction of sp³-hybridized carbons (Fsp3) is 0.800. The van der Waals surface area contributed by atoms with Gasteiger partial charge in [-0.25, -0.2) is 0 Å². The van der Waals surface area contributed by atoms with E-state index >= 15 is 0 Å². The molecule has 0 fully saturated rings. The number of ether oxygens (including phenoxy) is 1. The zero-order valence-electron chi connectivity index (χ0n) is 13.1. The molecule has 0 radical (unpaired) electrons. The summed E-state index contributed by atoms with van der Waals surface area (Å²) in [6.07, 6.45) is 4.55. The van der Waals surface area contributed by atoms with Crippen LogP contribution in [0.15, 0.2) is 0 Å². The van der Waals surface area contributed by atoms with Crippen molar-refractivity contribution < 1.29 is 29.3 Å². The fourth-order valence-corrected chi connectivity index (χ4v) is 2.30. The molecule has 0 aromatic carbocycles. The van der Waals surface area contributed by atoms with Crippen LogP contribution in [0.5, 0.6) is 0 Å². The average Bonchev–Trinajstić information content (AvgIpc) is 2.43. The van der Waals surface area contributed by atoms with Gasteiger partial charge in [-0.05, 0) is 19.8 Å². The summed E-state index contributed by atoms with van der Waals surface area (Å²) in [5, 5.41) is 17.6. The van der Waals surface area contributed by atoms with Crippen molar-refractivity contribution in [3.63, 3.8) is 0 Å². The van der Waals surface area contributed by atoms with Crippen molar-refractivity contribution in [2.24, 2.45) is 11.3 Å². The summed E-state index contributed by atoms with van der Waals surface area (Å²) in [5.41, 5.74) is -1.03. The molecule has 2 N–H and O–H groups in total. The van der Waals surface area contributed by atoms with Crippen LogP contribution in [-0.4, -0.2) is 35.2 Å². The minimum Gasteiger partial charge on any atom is -0.481 e. The van der Waals surface area contributed by atoms with Gasteiger partial charge in [0.1, 0.15) is 0 Å². The van der Waals surface area contributed by atoms with E-state index in [0.29, 0.717) is 12.8 Å². The Hall–Kier alpha value is -1.59. The largest absolute Gasteiger partial charge is 0.481 e. The van der Waals surface area contributed by atoms with Gasteiger partial charge in [-0.2, -0.15) is 0 Å². The van der Waals surface area contributed by atoms with E-state index in [1.54, 1.807) is 6.92 Å². The lowest BCUT2D eigenvalue weighted by Gasteiger charge is -2.30. The molecule has 0 aromatic rings. The molecule has 122 valence electrons. The molecular formula is C15H26O6. The van der Waals surface area contributed by atoms with Crippen LogP contribution in [0.3, 0.4) is 0 Å². The van der Waals surface area contributed by atoms with Gasteiger partial charge in [0, 0.05) is 6.42 Å². The molecule has 0 bridgehead atoms. The number of aliphatic carboxylic acids is 2. The summed E-state index contributed by atoms with van der Waals surface area (Å²) in [5.74, 6) is -3.10. The first-order valence-electron chi connectivity index (χ1n) is 7.28. The first-order valence-corrected chi connectivity index (χ1v) is 7.28. The van der Waals surface area contributed by atoms with E-state index in [4.69, 9.17) is 14.9 Å². The van der Waals surface area contributed by atoms with Crippen LogP contribution in [-0.2, 0) is 19.1 Å². The molecule has 2 atom stereocenters. The molecule has 0 aliphatic carbocycles. The summed E-state index contributed by atoms with van der Waals surface area (Å²) in [6.45, 7) is 3.15. The number of unbranched alkanes of at least 4 members (excludes halogenated alkanes) is 4. The predicted octanol–water partition coefficient (Wildman–Crippen LogP) is 2.70. The van der Waals surface area contributed by atoms with Crippen molar-refractivity contribution in [3.8, 4) is 0 Å². The highest BCUT2D eigenvalue weighted by Crippen LogP contribution is 2.35. The van der Waals surface area contributed by atoms with E-state index in [9.17, 15) is 14.4 Å². The second-order valence-corrected chi connectivity index (χ2v) is 5.63. The van der Waals surface area contributed by atoms with Gasteiger partial charge in [0.25, 0.3) is 0 Å². The van der Waals surface area contributed by atoms with Crippen molar-refractivity contribution in [1.82, 2.24) is 0 Å². The van der Waals surface area contributed by atoms with Crippen LogP contribution in [0.2, 0.25) is 0 Å². The van der Waals surface area contributed by atoms with E-state index in [1.165, 1.54) is 14.0 Å². The molecular weight excluding hydrogens is 276 g/mol. The van der Waals surface area contributed by atoms with Gasteiger partial charge in [0.15, 0.2) is 0 Å². The van der Waals surface area contributed by atoms with Crippen molar-refractivity contribution in [3.05, 3.63) is 0 Å². The number of esters is 1. The molecule has 0 amide bonds. The topological polar surface area (TPSA) is 101 Å². The third kappa shape index (κ3) is 6.60. The maximum atomic E-state index is 11.9. The number of carboxylic acids is 2. The summed E-state index contributed by atoms with van der Waals surface area (Å²) in [4.78, 5) is 33.4. The summed E-state index contributed by atoms with van der Waals surface area (Å²) in [7, 11) is 1.26. The van der Waals surface area contributed by atoms with Crippen molar-refractivity contribution in [1.29, 1.82) is 0 Å². The SMILES string of the molecule is COC(=O)C(C)(CCCCCCCC(=O)O)C(C)C(=O)O. The average molecular weight is 302 g/mol. The first-order chi connectivity index (χ1) is 9.75. The summed E-state index contributed by atoms with van der Waals surface area (Å²) in [6, 6.07) is 0. The van der Waals surface area contributed by atoms with Gasteiger partial charge >= 0.3 is 17.9 Å². The van der Waals surface area contributed by atoms with Gasteiger partial charge in [-0.1, -0.05) is 32.6 Å². The van der Waals surface area contributed by atoms with Crippen LogP contribution in [0.4, 0.5) is 0 Å². The Bertz CT molecular complexity index is 365. The highest BCUT2D eigenvalue weighted by atomic mass is 16.5. The zero-order valence-corrected chi connectivity index (χ0v) is 13.1. The summed E-state index contributed by atoms with van der Waals surface area (Å²) < 4.78 is 4.74.